The maximum atomic E-state index is 11.1. The van der Waals surface area contributed by atoms with Crippen LogP contribution in [0.25, 0.3) is 0 Å². The molecule has 0 saturated heterocycles. The van der Waals surface area contributed by atoms with Crippen molar-refractivity contribution in [3.63, 3.8) is 0 Å². The fraction of sp³-hybridized carbons (Fsp3) is 0.385. The second-order valence-electron chi connectivity index (χ2n) is 3.86. The fourth-order valence-corrected chi connectivity index (χ4v) is 1.58. The first-order valence-electron chi connectivity index (χ1n) is 5.34. The van der Waals surface area contributed by atoms with E-state index in [0.717, 1.165) is 5.56 Å². The number of rotatable bonds is 4. The van der Waals surface area contributed by atoms with Gasteiger partial charge < -0.3 is 5.32 Å². The molecule has 0 bridgehead atoms. The molecule has 1 unspecified atom stereocenters. The molecule has 16 heavy (non-hydrogen) atoms. The van der Waals surface area contributed by atoms with Crippen molar-refractivity contribution in [1.29, 1.82) is 5.26 Å². The molecule has 0 aliphatic heterocycles. The minimum atomic E-state index is -0.0662. The van der Waals surface area contributed by atoms with Gasteiger partial charge in [0.25, 0.3) is 0 Å². The number of aryl methyl sites for hydroxylation is 1. The standard InChI is InChI=1S/C13H16N2O/c1-10-5-7-12(8-6-10)13(4-3-9-14)15-11(2)16/h5-8,13H,3-4H2,1-2H3,(H,15,16). The molecule has 1 rings (SSSR count). The summed E-state index contributed by atoms with van der Waals surface area (Å²) < 4.78 is 0. The van der Waals surface area contributed by atoms with E-state index in [1.807, 2.05) is 31.2 Å². The van der Waals surface area contributed by atoms with Gasteiger partial charge in [-0.25, -0.2) is 0 Å². The first-order chi connectivity index (χ1) is 7.63. The van der Waals surface area contributed by atoms with Gasteiger partial charge >= 0.3 is 0 Å². The summed E-state index contributed by atoms with van der Waals surface area (Å²) in [6.45, 7) is 3.51. The second-order valence-corrected chi connectivity index (χ2v) is 3.86. The molecule has 0 radical (unpaired) electrons. The van der Waals surface area contributed by atoms with Crippen molar-refractivity contribution in [2.45, 2.75) is 32.7 Å². The van der Waals surface area contributed by atoms with Crippen molar-refractivity contribution in [3.05, 3.63) is 35.4 Å². The van der Waals surface area contributed by atoms with Crippen molar-refractivity contribution in [2.24, 2.45) is 0 Å². The van der Waals surface area contributed by atoms with Crippen LogP contribution in [0.3, 0.4) is 0 Å². The zero-order valence-corrected chi connectivity index (χ0v) is 9.66. The summed E-state index contributed by atoms with van der Waals surface area (Å²) in [7, 11) is 0. The monoisotopic (exact) mass is 216 g/mol. The van der Waals surface area contributed by atoms with Gasteiger partial charge in [-0.1, -0.05) is 29.8 Å². The fourth-order valence-electron chi connectivity index (χ4n) is 1.58. The van der Waals surface area contributed by atoms with E-state index in [2.05, 4.69) is 11.4 Å². The lowest BCUT2D eigenvalue weighted by atomic mass is 10.0. The van der Waals surface area contributed by atoms with E-state index in [-0.39, 0.29) is 11.9 Å². The maximum absolute atomic E-state index is 11.1. The number of nitrogens with zero attached hydrogens (tertiary/aromatic N) is 1. The molecular formula is C13H16N2O. The number of amides is 1. The molecule has 84 valence electrons. The first-order valence-corrected chi connectivity index (χ1v) is 5.34. The summed E-state index contributed by atoms with van der Waals surface area (Å²) in [5.74, 6) is -0.0662. The lowest BCUT2D eigenvalue weighted by molar-refractivity contribution is -0.119. The molecule has 1 amide bonds. The van der Waals surface area contributed by atoms with Crippen LogP contribution in [0, 0.1) is 18.3 Å². The molecule has 0 heterocycles. The minimum absolute atomic E-state index is 0.0576. The molecule has 0 saturated carbocycles. The molecule has 3 heteroatoms. The van der Waals surface area contributed by atoms with Gasteiger partial charge in [0.05, 0.1) is 12.1 Å². The van der Waals surface area contributed by atoms with Crippen molar-refractivity contribution < 1.29 is 4.79 Å². The summed E-state index contributed by atoms with van der Waals surface area (Å²) in [5, 5.41) is 11.4. The topological polar surface area (TPSA) is 52.9 Å². The number of carbonyl (C=O) groups is 1. The molecule has 0 aromatic heterocycles. The summed E-state index contributed by atoms with van der Waals surface area (Å²) in [6.07, 6.45) is 1.10. The van der Waals surface area contributed by atoms with E-state index in [1.165, 1.54) is 12.5 Å². The summed E-state index contributed by atoms with van der Waals surface area (Å²) in [6, 6.07) is 10.1. The Morgan fingerprint density at radius 1 is 1.44 bits per heavy atom. The third kappa shape index (κ3) is 3.74. The zero-order valence-electron chi connectivity index (χ0n) is 9.66. The molecule has 3 nitrogen and oxygen atoms in total. The zero-order chi connectivity index (χ0) is 12.0. The highest BCUT2D eigenvalue weighted by Gasteiger charge is 2.11. The lowest BCUT2D eigenvalue weighted by Gasteiger charge is -2.17. The number of carbonyl (C=O) groups excluding carboxylic acids is 1. The van der Waals surface area contributed by atoms with Crippen LogP contribution < -0.4 is 5.32 Å². The van der Waals surface area contributed by atoms with Gasteiger partial charge in [-0.05, 0) is 18.9 Å². The Balaban J connectivity index is 2.79. The van der Waals surface area contributed by atoms with Crippen LogP contribution in [0.5, 0.6) is 0 Å². The lowest BCUT2D eigenvalue weighted by Crippen LogP contribution is -2.25. The Morgan fingerprint density at radius 2 is 2.06 bits per heavy atom. The highest BCUT2D eigenvalue weighted by Crippen LogP contribution is 2.18. The van der Waals surface area contributed by atoms with E-state index in [1.54, 1.807) is 0 Å². The van der Waals surface area contributed by atoms with Crippen molar-refractivity contribution in [1.82, 2.24) is 5.32 Å². The van der Waals surface area contributed by atoms with Gasteiger partial charge in [-0.15, -0.1) is 0 Å². The normalized spacial score (nSPS) is 11.6. The van der Waals surface area contributed by atoms with Crippen LogP contribution in [0.15, 0.2) is 24.3 Å². The average molecular weight is 216 g/mol. The number of nitrogens with one attached hydrogen (secondary N) is 1. The van der Waals surface area contributed by atoms with Gasteiger partial charge in [-0.3, -0.25) is 4.79 Å². The molecule has 0 aliphatic carbocycles. The highest BCUT2D eigenvalue weighted by atomic mass is 16.1. The number of hydrogen-bond acceptors (Lipinski definition) is 2. The van der Waals surface area contributed by atoms with Crippen LogP contribution in [0.1, 0.15) is 36.9 Å². The Labute approximate surface area is 96.1 Å². The van der Waals surface area contributed by atoms with E-state index in [4.69, 9.17) is 5.26 Å². The number of benzene rings is 1. The Kier molecular flexibility index (Phi) is 4.53. The largest absolute Gasteiger partial charge is 0.350 e. The molecule has 0 fully saturated rings. The molecular weight excluding hydrogens is 200 g/mol. The van der Waals surface area contributed by atoms with Gasteiger partial charge in [-0.2, -0.15) is 5.26 Å². The number of nitriles is 1. The highest BCUT2D eigenvalue weighted by molar-refractivity contribution is 5.73. The Morgan fingerprint density at radius 3 is 2.56 bits per heavy atom. The van der Waals surface area contributed by atoms with Crippen LogP contribution in [-0.4, -0.2) is 5.91 Å². The molecule has 1 aromatic carbocycles. The second kappa shape index (κ2) is 5.92. The molecule has 0 spiro atoms. The first kappa shape index (κ1) is 12.3. The molecule has 1 N–H and O–H groups in total. The third-order valence-corrected chi connectivity index (χ3v) is 2.40. The van der Waals surface area contributed by atoms with Crippen LogP contribution >= 0.6 is 0 Å². The Bertz CT molecular complexity index is 389. The van der Waals surface area contributed by atoms with Crippen molar-refractivity contribution >= 4 is 5.91 Å². The summed E-state index contributed by atoms with van der Waals surface area (Å²) in [4.78, 5) is 11.1. The van der Waals surface area contributed by atoms with Gasteiger partial charge in [0.1, 0.15) is 0 Å². The van der Waals surface area contributed by atoms with Crippen molar-refractivity contribution in [3.8, 4) is 6.07 Å². The minimum Gasteiger partial charge on any atom is -0.350 e. The molecule has 0 aliphatic rings. The van der Waals surface area contributed by atoms with Gasteiger partial charge in [0.15, 0.2) is 0 Å². The number of hydrogen-bond donors (Lipinski definition) is 1. The Hall–Kier alpha value is -1.82. The predicted octanol–water partition coefficient (Wildman–Crippen LogP) is 2.48. The predicted molar refractivity (Wildman–Crippen MR) is 62.6 cm³/mol. The van der Waals surface area contributed by atoms with Crippen LogP contribution in [0.4, 0.5) is 0 Å². The summed E-state index contributed by atoms with van der Waals surface area (Å²) in [5.41, 5.74) is 2.24. The average Bonchev–Trinajstić information content (AvgIpc) is 2.25. The SMILES string of the molecule is CC(=O)NC(CCC#N)c1ccc(C)cc1. The van der Waals surface area contributed by atoms with E-state index < -0.39 is 0 Å². The van der Waals surface area contributed by atoms with E-state index in [9.17, 15) is 4.79 Å². The van der Waals surface area contributed by atoms with Gasteiger partial charge in [0.2, 0.25) is 5.91 Å². The van der Waals surface area contributed by atoms with Crippen LogP contribution in [-0.2, 0) is 4.79 Å². The third-order valence-electron chi connectivity index (χ3n) is 2.40. The van der Waals surface area contributed by atoms with Gasteiger partial charge in [0, 0.05) is 13.3 Å². The molecule has 1 aromatic rings. The molecule has 1 atom stereocenters. The smallest absolute Gasteiger partial charge is 0.217 e. The van der Waals surface area contributed by atoms with E-state index >= 15 is 0 Å². The van der Waals surface area contributed by atoms with Crippen molar-refractivity contribution in [2.75, 3.05) is 0 Å². The summed E-state index contributed by atoms with van der Waals surface area (Å²) >= 11 is 0. The van der Waals surface area contributed by atoms with Crippen LogP contribution in [0.2, 0.25) is 0 Å². The maximum Gasteiger partial charge on any atom is 0.217 e. The van der Waals surface area contributed by atoms with E-state index in [0.29, 0.717) is 12.8 Å². The quantitative estimate of drug-likeness (QED) is 0.840.